The van der Waals surface area contributed by atoms with Crippen LogP contribution < -0.4 is 0 Å². The van der Waals surface area contributed by atoms with Gasteiger partial charge in [0.05, 0.1) is 12.5 Å². The highest BCUT2D eigenvalue weighted by Gasteiger charge is 2.40. The van der Waals surface area contributed by atoms with Crippen LogP contribution in [0.5, 0.6) is 0 Å². The van der Waals surface area contributed by atoms with Gasteiger partial charge in [-0.2, -0.15) is 0 Å². The first kappa shape index (κ1) is 9.32. The van der Waals surface area contributed by atoms with Gasteiger partial charge in [0.15, 0.2) is 0 Å². The van der Waals surface area contributed by atoms with E-state index in [-0.39, 0.29) is 0 Å². The third-order valence-electron chi connectivity index (χ3n) is 3.06. The molecule has 1 atom stereocenters. The van der Waals surface area contributed by atoms with Crippen molar-refractivity contribution in [2.45, 2.75) is 26.2 Å². The Morgan fingerprint density at radius 2 is 2.38 bits per heavy atom. The average molecular weight is 243 g/mol. The minimum absolute atomic E-state index is 0.434. The quantitative estimate of drug-likeness (QED) is 0.736. The van der Waals surface area contributed by atoms with Crippen LogP contribution in [0, 0.1) is 11.3 Å². The summed E-state index contributed by atoms with van der Waals surface area (Å²) in [5.74, 6) is 0.918. The smallest absolute Gasteiger partial charge is 0.0934 e. The number of hydrogen-bond acceptors (Lipinski definition) is 1. The minimum Gasteiger partial charge on any atom is -0.472 e. The summed E-state index contributed by atoms with van der Waals surface area (Å²) in [5, 5.41) is 1.09. The van der Waals surface area contributed by atoms with E-state index >= 15 is 0 Å². The topological polar surface area (TPSA) is 13.1 Å². The Kier molecular flexibility index (Phi) is 2.50. The number of hydrogen-bond donors (Lipinski definition) is 0. The van der Waals surface area contributed by atoms with Gasteiger partial charge in [-0.25, -0.2) is 0 Å². The fourth-order valence-electron chi connectivity index (χ4n) is 1.94. The van der Waals surface area contributed by atoms with Crippen molar-refractivity contribution in [2.75, 3.05) is 5.33 Å². The molecule has 0 N–H and O–H groups in total. The zero-order valence-corrected chi connectivity index (χ0v) is 9.51. The van der Waals surface area contributed by atoms with Gasteiger partial charge in [0, 0.05) is 5.33 Å². The molecular formula is C11H15BrO. The molecule has 1 aliphatic rings. The fourth-order valence-corrected chi connectivity index (χ4v) is 2.60. The van der Waals surface area contributed by atoms with Gasteiger partial charge in [0.1, 0.15) is 0 Å². The molecule has 1 aromatic rings. The molecule has 0 aliphatic heterocycles. The standard InChI is InChI=1S/C11H15BrO/c1-11(8-12,10-2-3-10)6-9-4-5-13-7-9/h4-5,7,10H,2-3,6,8H2,1H3. The summed E-state index contributed by atoms with van der Waals surface area (Å²) in [7, 11) is 0. The van der Waals surface area contributed by atoms with Crippen LogP contribution in [0.2, 0.25) is 0 Å². The highest BCUT2D eigenvalue weighted by atomic mass is 79.9. The second kappa shape index (κ2) is 3.49. The molecule has 1 unspecified atom stereocenters. The van der Waals surface area contributed by atoms with Crippen LogP contribution >= 0.6 is 15.9 Å². The molecule has 0 saturated heterocycles. The zero-order valence-electron chi connectivity index (χ0n) is 7.92. The molecule has 1 aromatic heterocycles. The summed E-state index contributed by atoms with van der Waals surface area (Å²) >= 11 is 3.63. The van der Waals surface area contributed by atoms with E-state index in [1.807, 2.05) is 6.26 Å². The maximum Gasteiger partial charge on any atom is 0.0934 e. The third kappa shape index (κ3) is 1.98. The summed E-state index contributed by atoms with van der Waals surface area (Å²) in [5.41, 5.74) is 1.76. The van der Waals surface area contributed by atoms with Crippen LogP contribution in [0.3, 0.4) is 0 Å². The van der Waals surface area contributed by atoms with Crippen molar-refractivity contribution in [3.8, 4) is 0 Å². The first-order valence-corrected chi connectivity index (χ1v) is 5.94. The van der Waals surface area contributed by atoms with E-state index in [1.54, 1.807) is 6.26 Å². The van der Waals surface area contributed by atoms with Crippen LogP contribution in [-0.4, -0.2) is 5.33 Å². The monoisotopic (exact) mass is 242 g/mol. The van der Waals surface area contributed by atoms with Crippen molar-refractivity contribution in [3.63, 3.8) is 0 Å². The molecule has 0 aromatic carbocycles. The number of rotatable bonds is 4. The van der Waals surface area contributed by atoms with Gasteiger partial charge in [-0.3, -0.25) is 0 Å². The second-order valence-corrected chi connectivity index (χ2v) is 4.93. The summed E-state index contributed by atoms with van der Waals surface area (Å²) in [6.07, 6.45) is 7.57. The first-order valence-electron chi connectivity index (χ1n) is 4.82. The lowest BCUT2D eigenvalue weighted by molar-refractivity contribution is 0.318. The molecule has 0 radical (unpaired) electrons. The molecule has 13 heavy (non-hydrogen) atoms. The van der Waals surface area contributed by atoms with Crippen molar-refractivity contribution < 1.29 is 4.42 Å². The summed E-state index contributed by atoms with van der Waals surface area (Å²) in [4.78, 5) is 0. The summed E-state index contributed by atoms with van der Waals surface area (Å²) < 4.78 is 5.09. The molecule has 1 nitrogen and oxygen atoms in total. The van der Waals surface area contributed by atoms with Crippen LogP contribution in [0.15, 0.2) is 23.0 Å². The van der Waals surface area contributed by atoms with Gasteiger partial charge < -0.3 is 4.42 Å². The van der Waals surface area contributed by atoms with Gasteiger partial charge >= 0.3 is 0 Å². The average Bonchev–Trinajstić information content (AvgIpc) is 2.88. The predicted octanol–water partition coefficient (Wildman–Crippen LogP) is 3.63. The van der Waals surface area contributed by atoms with E-state index in [0.717, 1.165) is 17.7 Å². The maximum atomic E-state index is 5.09. The number of alkyl halides is 1. The van der Waals surface area contributed by atoms with Crippen LogP contribution in [0.4, 0.5) is 0 Å². The maximum absolute atomic E-state index is 5.09. The lowest BCUT2D eigenvalue weighted by Crippen LogP contribution is -2.23. The summed E-state index contributed by atoms with van der Waals surface area (Å²) in [6, 6.07) is 2.07. The van der Waals surface area contributed by atoms with Crippen molar-refractivity contribution in [1.82, 2.24) is 0 Å². The number of halogens is 1. The molecule has 2 heteroatoms. The molecule has 2 rings (SSSR count). The molecular weight excluding hydrogens is 228 g/mol. The molecule has 0 spiro atoms. The van der Waals surface area contributed by atoms with Crippen molar-refractivity contribution in [1.29, 1.82) is 0 Å². The summed E-state index contributed by atoms with van der Waals surface area (Å²) in [6.45, 7) is 2.37. The SMILES string of the molecule is CC(CBr)(Cc1ccoc1)C1CC1. The Bertz CT molecular complexity index is 264. The molecule has 1 heterocycles. The Morgan fingerprint density at radius 3 is 2.85 bits per heavy atom. The second-order valence-electron chi connectivity index (χ2n) is 4.37. The normalized spacial score (nSPS) is 21.4. The van der Waals surface area contributed by atoms with E-state index in [0.29, 0.717) is 5.41 Å². The van der Waals surface area contributed by atoms with Gasteiger partial charge in [-0.15, -0.1) is 0 Å². The molecule has 1 fully saturated rings. The van der Waals surface area contributed by atoms with Crippen molar-refractivity contribution in [3.05, 3.63) is 24.2 Å². The van der Waals surface area contributed by atoms with Gasteiger partial charge in [0.2, 0.25) is 0 Å². The minimum atomic E-state index is 0.434. The first-order chi connectivity index (χ1) is 6.24. The Hall–Kier alpha value is -0.240. The Morgan fingerprint density at radius 1 is 1.62 bits per heavy atom. The molecule has 1 aliphatic carbocycles. The predicted molar refractivity (Wildman–Crippen MR) is 57.0 cm³/mol. The van der Waals surface area contributed by atoms with Gasteiger partial charge in [-0.1, -0.05) is 22.9 Å². The molecule has 72 valence electrons. The Balaban J connectivity index is 2.05. The van der Waals surface area contributed by atoms with Crippen molar-refractivity contribution >= 4 is 15.9 Å². The third-order valence-corrected chi connectivity index (χ3v) is 4.34. The van der Waals surface area contributed by atoms with Crippen LogP contribution in [0.25, 0.3) is 0 Å². The van der Waals surface area contributed by atoms with E-state index in [9.17, 15) is 0 Å². The largest absolute Gasteiger partial charge is 0.472 e. The van der Waals surface area contributed by atoms with E-state index < -0.39 is 0 Å². The van der Waals surface area contributed by atoms with E-state index in [4.69, 9.17) is 4.42 Å². The van der Waals surface area contributed by atoms with Gasteiger partial charge in [-0.05, 0) is 42.2 Å². The van der Waals surface area contributed by atoms with Crippen LogP contribution in [-0.2, 0) is 6.42 Å². The molecule has 0 amide bonds. The number of furan rings is 1. The lowest BCUT2D eigenvalue weighted by Gasteiger charge is -2.26. The highest BCUT2D eigenvalue weighted by Crippen LogP contribution is 2.48. The fraction of sp³-hybridized carbons (Fsp3) is 0.636. The Labute approximate surface area is 87.6 Å². The van der Waals surface area contributed by atoms with Crippen molar-refractivity contribution in [2.24, 2.45) is 11.3 Å². The lowest BCUT2D eigenvalue weighted by atomic mass is 9.82. The van der Waals surface area contributed by atoms with Gasteiger partial charge in [0.25, 0.3) is 0 Å². The zero-order chi connectivity index (χ0) is 9.31. The molecule has 1 saturated carbocycles. The highest BCUT2D eigenvalue weighted by molar-refractivity contribution is 9.09. The van der Waals surface area contributed by atoms with Crippen LogP contribution in [0.1, 0.15) is 25.3 Å². The van der Waals surface area contributed by atoms with E-state index in [1.165, 1.54) is 18.4 Å². The molecule has 0 bridgehead atoms. The van der Waals surface area contributed by atoms with E-state index in [2.05, 4.69) is 28.9 Å².